The van der Waals surface area contributed by atoms with Crippen molar-refractivity contribution in [1.82, 2.24) is 0 Å². The first-order chi connectivity index (χ1) is 9.61. The first-order valence-electron chi connectivity index (χ1n) is 6.85. The lowest BCUT2D eigenvalue weighted by molar-refractivity contribution is -0.147. The molecule has 0 bridgehead atoms. The number of carbonyl (C=O) groups is 2. The van der Waals surface area contributed by atoms with E-state index >= 15 is 0 Å². The summed E-state index contributed by atoms with van der Waals surface area (Å²) in [6.07, 6.45) is 2.92. The average molecular weight is 277 g/mol. The van der Waals surface area contributed by atoms with Crippen molar-refractivity contribution in [3.63, 3.8) is 0 Å². The number of nitrogens with one attached hydrogen (secondary N) is 1. The molecule has 20 heavy (non-hydrogen) atoms. The van der Waals surface area contributed by atoms with Gasteiger partial charge in [0.2, 0.25) is 5.91 Å². The van der Waals surface area contributed by atoms with Gasteiger partial charge < -0.3 is 15.5 Å². The van der Waals surface area contributed by atoms with Gasteiger partial charge in [-0.3, -0.25) is 9.59 Å². The van der Waals surface area contributed by atoms with Crippen LogP contribution in [-0.4, -0.2) is 22.1 Å². The Bertz CT molecular complexity index is 500. The number of anilines is 1. The van der Waals surface area contributed by atoms with E-state index in [4.69, 9.17) is 5.11 Å². The zero-order valence-corrected chi connectivity index (χ0v) is 11.2. The van der Waals surface area contributed by atoms with Gasteiger partial charge >= 0.3 is 5.97 Å². The third-order valence-corrected chi connectivity index (χ3v) is 3.80. The van der Waals surface area contributed by atoms with E-state index in [0.717, 1.165) is 12.8 Å². The Balaban J connectivity index is 2.07. The Kier molecular flexibility index (Phi) is 4.74. The van der Waals surface area contributed by atoms with Crippen LogP contribution in [0.5, 0.6) is 0 Å². The number of rotatable bonds is 4. The second kappa shape index (κ2) is 6.52. The van der Waals surface area contributed by atoms with E-state index in [0.29, 0.717) is 24.1 Å². The molecule has 5 heteroatoms. The first kappa shape index (κ1) is 14.5. The molecule has 2 rings (SSSR count). The Morgan fingerprint density at radius 1 is 1.20 bits per heavy atom. The lowest BCUT2D eigenvalue weighted by Gasteiger charge is -2.27. The summed E-state index contributed by atoms with van der Waals surface area (Å²) in [7, 11) is 0. The standard InChI is InChI=1S/C15H19NO4/c17-9-10-4-3-5-11(8-10)16-14(18)12-6-1-2-7-13(12)15(19)20/h3-5,8,12-13,17H,1-2,6-7,9H2,(H,16,18)(H,19,20). The predicted octanol–water partition coefficient (Wildman–Crippen LogP) is 2.01. The first-order valence-corrected chi connectivity index (χ1v) is 6.85. The Morgan fingerprint density at radius 3 is 2.55 bits per heavy atom. The van der Waals surface area contributed by atoms with Gasteiger partial charge in [-0.05, 0) is 30.5 Å². The van der Waals surface area contributed by atoms with Crippen molar-refractivity contribution in [1.29, 1.82) is 0 Å². The second-order valence-corrected chi connectivity index (χ2v) is 5.18. The fourth-order valence-corrected chi connectivity index (χ4v) is 2.72. The number of amides is 1. The maximum atomic E-state index is 12.2. The molecule has 0 aliphatic heterocycles. The monoisotopic (exact) mass is 277 g/mol. The molecule has 1 fully saturated rings. The molecule has 2 atom stereocenters. The van der Waals surface area contributed by atoms with E-state index in [-0.39, 0.29) is 12.5 Å². The lowest BCUT2D eigenvalue weighted by atomic mass is 9.78. The molecule has 1 aliphatic rings. The quantitative estimate of drug-likeness (QED) is 0.785. The molecule has 0 spiro atoms. The fraction of sp³-hybridized carbons (Fsp3) is 0.467. The minimum absolute atomic E-state index is 0.0924. The molecular weight excluding hydrogens is 258 g/mol. The van der Waals surface area contributed by atoms with Crippen molar-refractivity contribution >= 4 is 17.6 Å². The van der Waals surface area contributed by atoms with Crippen LogP contribution in [-0.2, 0) is 16.2 Å². The lowest BCUT2D eigenvalue weighted by Crippen LogP contribution is -2.36. The molecule has 1 aromatic carbocycles. The summed E-state index contributed by atoms with van der Waals surface area (Å²) < 4.78 is 0. The highest BCUT2D eigenvalue weighted by Crippen LogP contribution is 2.31. The number of hydrogen-bond donors (Lipinski definition) is 3. The molecule has 2 unspecified atom stereocenters. The molecule has 108 valence electrons. The van der Waals surface area contributed by atoms with Crippen LogP contribution in [0.4, 0.5) is 5.69 Å². The van der Waals surface area contributed by atoms with E-state index in [2.05, 4.69) is 5.32 Å². The van der Waals surface area contributed by atoms with Gasteiger partial charge in [-0.15, -0.1) is 0 Å². The zero-order chi connectivity index (χ0) is 14.5. The third-order valence-electron chi connectivity index (χ3n) is 3.80. The van der Waals surface area contributed by atoms with Gasteiger partial charge in [0.1, 0.15) is 0 Å². The number of aliphatic hydroxyl groups is 1. The van der Waals surface area contributed by atoms with Crippen molar-refractivity contribution in [2.75, 3.05) is 5.32 Å². The second-order valence-electron chi connectivity index (χ2n) is 5.18. The molecule has 0 saturated heterocycles. The van der Waals surface area contributed by atoms with Crippen molar-refractivity contribution < 1.29 is 19.8 Å². The molecule has 0 heterocycles. The smallest absolute Gasteiger partial charge is 0.307 e. The summed E-state index contributed by atoms with van der Waals surface area (Å²) in [5.74, 6) is -2.20. The number of benzene rings is 1. The SMILES string of the molecule is O=C(O)C1CCCCC1C(=O)Nc1cccc(CO)c1. The van der Waals surface area contributed by atoms with Crippen molar-refractivity contribution in [3.8, 4) is 0 Å². The highest BCUT2D eigenvalue weighted by atomic mass is 16.4. The van der Waals surface area contributed by atoms with Gasteiger partial charge in [-0.1, -0.05) is 25.0 Å². The molecule has 3 N–H and O–H groups in total. The van der Waals surface area contributed by atoms with E-state index in [1.54, 1.807) is 24.3 Å². The summed E-state index contributed by atoms with van der Waals surface area (Å²) in [5.41, 5.74) is 1.30. The minimum Gasteiger partial charge on any atom is -0.481 e. The van der Waals surface area contributed by atoms with Gasteiger partial charge in [-0.25, -0.2) is 0 Å². The van der Waals surface area contributed by atoms with Crippen molar-refractivity contribution in [2.45, 2.75) is 32.3 Å². The Labute approximate surface area is 117 Å². The Hall–Kier alpha value is -1.88. The summed E-state index contributed by atoms with van der Waals surface area (Å²) >= 11 is 0. The summed E-state index contributed by atoms with van der Waals surface area (Å²) in [6.45, 7) is -0.0924. The number of carbonyl (C=O) groups excluding carboxylic acids is 1. The highest BCUT2D eigenvalue weighted by molar-refractivity contribution is 5.95. The number of carboxylic acid groups (broad SMARTS) is 1. The van der Waals surface area contributed by atoms with E-state index in [9.17, 15) is 14.7 Å². The summed E-state index contributed by atoms with van der Waals surface area (Å²) in [4.78, 5) is 23.5. The van der Waals surface area contributed by atoms with Crippen LogP contribution in [0, 0.1) is 11.8 Å². The van der Waals surface area contributed by atoms with Gasteiger partial charge in [0, 0.05) is 5.69 Å². The molecule has 1 aromatic rings. The largest absolute Gasteiger partial charge is 0.481 e. The van der Waals surface area contributed by atoms with Crippen LogP contribution in [0.3, 0.4) is 0 Å². The number of aliphatic hydroxyl groups excluding tert-OH is 1. The fourth-order valence-electron chi connectivity index (χ4n) is 2.72. The molecule has 5 nitrogen and oxygen atoms in total. The van der Waals surface area contributed by atoms with E-state index in [1.807, 2.05) is 0 Å². The molecule has 0 radical (unpaired) electrons. The zero-order valence-electron chi connectivity index (χ0n) is 11.2. The third kappa shape index (κ3) is 3.36. The molecule has 1 saturated carbocycles. The van der Waals surface area contributed by atoms with Crippen LogP contribution in [0.2, 0.25) is 0 Å². The van der Waals surface area contributed by atoms with Crippen LogP contribution in [0.1, 0.15) is 31.2 Å². The van der Waals surface area contributed by atoms with Crippen LogP contribution in [0.25, 0.3) is 0 Å². The van der Waals surface area contributed by atoms with Crippen molar-refractivity contribution in [2.24, 2.45) is 11.8 Å². The van der Waals surface area contributed by atoms with Gasteiger partial charge in [0.05, 0.1) is 18.4 Å². The van der Waals surface area contributed by atoms with Crippen LogP contribution < -0.4 is 5.32 Å². The number of carboxylic acids is 1. The molecule has 0 aromatic heterocycles. The van der Waals surface area contributed by atoms with Gasteiger partial charge in [-0.2, -0.15) is 0 Å². The molecular formula is C15H19NO4. The average Bonchev–Trinajstić information content (AvgIpc) is 2.47. The summed E-state index contributed by atoms with van der Waals surface area (Å²) in [5, 5.41) is 21.0. The highest BCUT2D eigenvalue weighted by Gasteiger charge is 2.35. The number of aliphatic carboxylic acids is 1. The molecule has 1 amide bonds. The summed E-state index contributed by atoms with van der Waals surface area (Å²) in [6, 6.07) is 6.93. The van der Waals surface area contributed by atoms with Crippen molar-refractivity contribution in [3.05, 3.63) is 29.8 Å². The topological polar surface area (TPSA) is 86.6 Å². The Morgan fingerprint density at radius 2 is 1.90 bits per heavy atom. The van der Waals surface area contributed by atoms with Gasteiger partial charge in [0.25, 0.3) is 0 Å². The van der Waals surface area contributed by atoms with E-state index in [1.165, 1.54) is 0 Å². The predicted molar refractivity (Wildman–Crippen MR) is 74.1 cm³/mol. The maximum Gasteiger partial charge on any atom is 0.307 e. The van der Waals surface area contributed by atoms with Crippen LogP contribution >= 0.6 is 0 Å². The number of hydrogen-bond acceptors (Lipinski definition) is 3. The normalized spacial score (nSPS) is 22.2. The molecule has 1 aliphatic carbocycles. The van der Waals surface area contributed by atoms with Gasteiger partial charge in [0.15, 0.2) is 0 Å². The van der Waals surface area contributed by atoms with Crippen LogP contribution in [0.15, 0.2) is 24.3 Å². The minimum atomic E-state index is -0.894. The maximum absolute atomic E-state index is 12.2. The van der Waals surface area contributed by atoms with E-state index < -0.39 is 17.8 Å².